The molecule has 110 valence electrons. The zero-order valence-corrected chi connectivity index (χ0v) is 11.6. The molecule has 2 N–H and O–H groups in total. The van der Waals surface area contributed by atoms with Crippen LogP contribution in [0.3, 0.4) is 0 Å². The van der Waals surface area contributed by atoms with Gasteiger partial charge in [0.15, 0.2) is 11.9 Å². The Hall–Kier alpha value is -2.31. The Morgan fingerprint density at radius 1 is 1.30 bits per heavy atom. The van der Waals surface area contributed by atoms with E-state index in [1.165, 1.54) is 19.3 Å². The summed E-state index contributed by atoms with van der Waals surface area (Å²) in [5, 5.41) is 4.95. The van der Waals surface area contributed by atoms with E-state index in [2.05, 4.69) is 10.6 Å². The minimum Gasteiger partial charge on any atom is -0.459 e. The second-order valence-corrected chi connectivity index (χ2v) is 4.46. The molecule has 2 amide bonds. The van der Waals surface area contributed by atoms with Crippen molar-refractivity contribution in [2.24, 2.45) is 0 Å². The summed E-state index contributed by atoms with van der Waals surface area (Å²) in [6.07, 6.45) is 0.441. The van der Waals surface area contributed by atoms with E-state index < -0.39 is 18.0 Å². The number of nitrogens with one attached hydrogen (secondary N) is 2. The van der Waals surface area contributed by atoms with Crippen molar-refractivity contribution in [1.29, 1.82) is 0 Å². The van der Waals surface area contributed by atoms with Gasteiger partial charge in [0.05, 0.1) is 6.26 Å². The van der Waals surface area contributed by atoms with Gasteiger partial charge in [0.2, 0.25) is 0 Å². The number of rotatable bonds is 6. The molecule has 1 atom stereocenters. The Morgan fingerprint density at radius 2 is 2.00 bits per heavy atom. The van der Waals surface area contributed by atoms with Crippen LogP contribution in [0.15, 0.2) is 22.8 Å². The average Bonchev–Trinajstić information content (AvgIpc) is 2.88. The van der Waals surface area contributed by atoms with Crippen LogP contribution in [0.2, 0.25) is 0 Å². The fourth-order valence-corrected chi connectivity index (χ4v) is 1.34. The highest BCUT2D eigenvalue weighted by molar-refractivity contribution is 5.93. The molecular weight excluding hydrogens is 264 g/mol. The highest BCUT2D eigenvalue weighted by atomic mass is 16.5. The number of hydrogen-bond donors (Lipinski definition) is 2. The highest BCUT2D eigenvalue weighted by Crippen LogP contribution is 1.99. The van der Waals surface area contributed by atoms with Crippen molar-refractivity contribution in [3.63, 3.8) is 0 Å². The van der Waals surface area contributed by atoms with Crippen LogP contribution in [0.1, 0.15) is 31.3 Å². The molecule has 1 aromatic heterocycles. The minimum absolute atomic E-state index is 0.0395. The van der Waals surface area contributed by atoms with Crippen molar-refractivity contribution in [3.05, 3.63) is 24.2 Å². The molecule has 20 heavy (non-hydrogen) atoms. The van der Waals surface area contributed by atoms with Gasteiger partial charge < -0.3 is 19.8 Å². The van der Waals surface area contributed by atoms with Crippen molar-refractivity contribution < 1.29 is 23.5 Å². The summed E-state index contributed by atoms with van der Waals surface area (Å²) < 4.78 is 9.75. The number of carbonyl (C=O) groups excluding carboxylic acids is 3. The Morgan fingerprint density at radius 3 is 2.55 bits per heavy atom. The Bertz CT molecular complexity index is 467. The van der Waals surface area contributed by atoms with Crippen LogP contribution in [-0.2, 0) is 14.3 Å². The van der Waals surface area contributed by atoms with Crippen LogP contribution in [0.25, 0.3) is 0 Å². The van der Waals surface area contributed by atoms with Crippen LogP contribution in [0, 0.1) is 0 Å². The van der Waals surface area contributed by atoms with E-state index in [9.17, 15) is 14.4 Å². The fraction of sp³-hybridized carbons (Fsp3) is 0.462. The summed E-state index contributed by atoms with van der Waals surface area (Å²) in [6, 6.07) is 2.99. The number of hydrogen-bond acceptors (Lipinski definition) is 5. The van der Waals surface area contributed by atoms with E-state index in [0.29, 0.717) is 0 Å². The quantitative estimate of drug-likeness (QED) is 0.739. The molecule has 0 aliphatic heterocycles. The van der Waals surface area contributed by atoms with E-state index in [1.54, 1.807) is 19.9 Å². The first-order valence-electron chi connectivity index (χ1n) is 6.21. The van der Waals surface area contributed by atoms with Crippen molar-refractivity contribution in [1.82, 2.24) is 10.6 Å². The van der Waals surface area contributed by atoms with Gasteiger partial charge in [-0.2, -0.15) is 0 Å². The van der Waals surface area contributed by atoms with Gasteiger partial charge >= 0.3 is 5.97 Å². The Labute approximate surface area is 116 Å². The van der Waals surface area contributed by atoms with Gasteiger partial charge in [0.1, 0.15) is 6.54 Å². The van der Waals surface area contributed by atoms with Crippen molar-refractivity contribution in [2.75, 3.05) is 6.54 Å². The summed E-state index contributed by atoms with van der Waals surface area (Å²) in [7, 11) is 0. The predicted octanol–water partition coefficient (Wildman–Crippen LogP) is 0.466. The standard InChI is InChI=1S/C13H18N2O5/c1-8(2)15-12(17)9(3)20-11(16)7-14-13(18)10-5-4-6-19-10/h4-6,8-9H,7H2,1-3H3,(H,14,18)(H,15,17). The van der Waals surface area contributed by atoms with Crippen LogP contribution < -0.4 is 10.6 Å². The Balaban J connectivity index is 2.33. The molecule has 1 unspecified atom stereocenters. The zero-order chi connectivity index (χ0) is 15.1. The van der Waals surface area contributed by atoms with Gasteiger partial charge in [-0.15, -0.1) is 0 Å². The zero-order valence-electron chi connectivity index (χ0n) is 11.6. The van der Waals surface area contributed by atoms with Crippen LogP contribution in [0.4, 0.5) is 0 Å². The number of ether oxygens (including phenoxy) is 1. The number of carbonyl (C=O) groups is 3. The monoisotopic (exact) mass is 282 g/mol. The van der Waals surface area contributed by atoms with Gasteiger partial charge in [-0.3, -0.25) is 14.4 Å². The molecule has 0 fully saturated rings. The first-order chi connectivity index (χ1) is 9.40. The maximum Gasteiger partial charge on any atom is 0.326 e. The summed E-state index contributed by atoms with van der Waals surface area (Å²) in [6.45, 7) is 4.73. The van der Waals surface area contributed by atoms with Gasteiger partial charge in [-0.25, -0.2) is 0 Å². The summed E-state index contributed by atoms with van der Waals surface area (Å²) in [5.41, 5.74) is 0. The lowest BCUT2D eigenvalue weighted by Crippen LogP contribution is -2.41. The molecule has 0 spiro atoms. The van der Waals surface area contributed by atoms with Crippen LogP contribution in [-0.4, -0.2) is 36.5 Å². The molecule has 7 heteroatoms. The van der Waals surface area contributed by atoms with Crippen molar-refractivity contribution in [3.8, 4) is 0 Å². The Kier molecular flexibility index (Phi) is 5.76. The lowest BCUT2D eigenvalue weighted by molar-refractivity contribution is -0.153. The first-order valence-corrected chi connectivity index (χ1v) is 6.21. The van der Waals surface area contributed by atoms with E-state index in [-0.39, 0.29) is 24.3 Å². The largest absolute Gasteiger partial charge is 0.459 e. The number of furan rings is 1. The van der Waals surface area contributed by atoms with E-state index >= 15 is 0 Å². The minimum atomic E-state index is -0.912. The summed E-state index contributed by atoms with van der Waals surface area (Å²) in [4.78, 5) is 34.5. The second kappa shape index (κ2) is 7.32. The molecule has 1 heterocycles. The smallest absolute Gasteiger partial charge is 0.326 e. The normalized spacial score (nSPS) is 11.8. The van der Waals surface area contributed by atoms with E-state index in [0.717, 1.165) is 0 Å². The van der Waals surface area contributed by atoms with Gasteiger partial charge in [0, 0.05) is 6.04 Å². The summed E-state index contributed by atoms with van der Waals surface area (Å²) in [5.74, 6) is -1.50. The molecule has 1 aromatic rings. The van der Waals surface area contributed by atoms with Crippen LogP contribution in [0.5, 0.6) is 0 Å². The van der Waals surface area contributed by atoms with Crippen molar-refractivity contribution >= 4 is 17.8 Å². The molecule has 7 nitrogen and oxygen atoms in total. The molecular formula is C13H18N2O5. The maximum absolute atomic E-state index is 11.5. The lowest BCUT2D eigenvalue weighted by Gasteiger charge is -2.15. The van der Waals surface area contributed by atoms with E-state index in [1.807, 2.05) is 0 Å². The molecule has 0 aromatic carbocycles. The fourth-order valence-electron chi connectivity index (χ4n) is 1.34. The first kappa shape index (κ1) is 15.7. The lowest BCUT2D eigenvalue weighted by atomic mass is 10.3. The SMILES string of the molecule is CC(C)NC(=O)C(C)OC(=O)CNC(=O)c1ccco1. The van der Waals surface area contributed by atoms with Crippen LogP contribution >= 0.6 is 0 Å². The number of esters is 1. The van der Waals surface area contributed by atoms with Gasteiger partial charge in [-0.1, -0.05) is 0 Å². The number of amides is 2. The highest BCUT2D eigenvalue weighted by Gasteiger charge is 2.19. The predicted molar refractivity (Wildman–Crippen MR) is 69.9 cm³/mol. The average molecular weight is 282 g/mol. The van der Waals surface area contributed by atoms with E-state index in [4.69, 9.17) is 9.15 Å². The topological polar surface area (TPSA) is 97.6 Å². The molecule has 1 rings (SSSR count). The van der Waals surface area contributed by atoms with Gasteiger partial charge in [0.25, 0.3) is 11.8 Å². The third-order valence-electron chi connectivity index (χ3n) is 2.25. The summed E-state index contributed by atoms with van der Waals surface area (Å²) >= 11 is 0. The third kappa shape index (κ3) is 5.13. The molecule has 0 saturated carbocycles. The van der Waals surface area contributed by atoms with Gasteiger partial charge in [-0.05, 0) is 32.9 Å². The third-order valence-corrected chi connectivity index (χ3v) is 2.25. The van der Waals surface area contributed by atoms with Crippen molar-refractivity contribution in [2.45, 2.75) is 32.9 Å². The molecule has 0 saturated heterocycles. The second-order valence-electron chi connectivity index (χ2n) is 4.46. The maximum atomic E-state index is 11.5. The molecule has 0 aliphatic carbocycles. The molecule has 0 bridgehead atoms. The molecule has 0 aliphatic rings. The molecule has 0 radical (unpaired) electrons.